The highest BCUT2D eigenvalue weighted by Crippen LogP contribution is 2.56. The molecule has 1 aliphatic heterocycles. The van der Waals surface area contributed by atoms with Gasteiger partial charge in [-0.15, -0.1) is 0 Å². The molecule has 4 fully saturated rings. The fraction of sp³-hybridized carbons (Fsp3) is 0.870. The zero-order valence-electron chi connectivity index (χ0n) is 19.0. The number of carbonyl (C=O) groups excluding carboxylic acids is 3. The van der Waals surface area contributed by atoms with Crippen molar-refractivity contribution in [3.05, 3.63) is 0 Å². The first-order valence-corrected chi connectivity index (χ1v) is 15.6. The minimum Gasteiger partial charge on any atom is -0.361 e. The van der Waals surface area contributed by atoms with E-state index in [4.69, 9.17) is 4.74 Å². The Bertz CT molecular complexity index is 692. The Morgan fingerprint density at radius 3 is 2.20 bits per heavy atom. The van der Waals surface area contributed by atoms with Gasteiger partial charge in [-0.1, -0.05) is 38.9 Å². The van der Waals surface area contributed by atoms with Crippen LogP contribution >= 0.6 is 0 Å². The van der Waals surface area contributed by atoms with Crippen molar-refractivity contribution in [1.29, 1.82) is 0 Å². The topological polar surface area (TPSA) is 66.9 Å². The third-order valence-electron chi connectivity index (χ3n) is 8.01. The van der Waals surface area contributed by atoms with Gasteiger partial charge >= 0.3 is 6.03 Å². The summed E-state index contributed by atoms with van der Waals surface area (Å²) in [4.78, 5) is 42.0. The molecular weight excluding hydrogens is 396 g/mol. The SMILES string of the molecule is C[Si](C)(C)CCOCN1C(=O)N(C2CC3(CCC(=O)CC3)C2)C2(CCCCC2)C1=O. The second-order valence-electron chi connectivity index (χ2n) is 11.4. The molecule has 30 heavy (non-hydrogen) atoms. The number of ketones is 1. The summed E-state index contributed by atoms with van der Waals surface area (Å²) >= 11 is 0. The van der Waals surface area contributed by atoms with Gasteiger partial charge in [0, 0.05) is 33.6 Å². The van der Waals surface area contributed by atoms with Gasteiger partial charge in [0.05, 0.1) is 0 Å². The Hall–Kier alpha value is -1.21. The van der Waals surface area contributed by atoms with Gasteiger partial charge in [0.25, 0.3) is 5.91 Å². The summed E-state index contributed by atoms with van der Waals surface area (Å²) in [7, 11) is -1.21. The molecule has 2 spiro atoms. The summed E-state index contributed by atoms with van der Waals surface area (Å²) < 4.78 is 5.82. The number of Topliss-reactive ketones (excluding diaryl/α,β-unsaturated/α-hetero) is 1. The van der Waals surface area contributed by atoms with Gasteiger partial charge in [0.15, 0.2) is 0 Å². The van der Waals surface area contributed by atoms with E-state index in [1.807, 2.05) is 4.90 Å². The van der Waals surface area contributed by atoms with Crippen LogP contribution in [0.4, 0.5) is 4.79 Å². The van der Waals surface area contributed by atoms with Crippen LogP contribution in [-0.2, 0) is 14.3 Å². The Labute approximate surface area is 181 Å². The second-order valence-corrected chi connectivity index (χ2v) is 17.0. The molecule has 0 atom stereocenters. The average Bonchev–Trinajstić information content (AvgIpc) is 2.85. The van der Waals surface area contributed by atoms with Gasteiger partial charge in [-0.3, -0.25) is 9.59 Å². The van der Waals surface area contributed by atoms with Gasteiger partial charge in [-0.05, 0) is 50.0 Å². The Morgan fingerprint density at radius 1 is 0.967 bits per heavy atom. The fourth-order valence-electron chi connectivity index (χ4n) is 6.09. The fourth-order valence-corrected chi connectivity index (χ4v) is 6.85. The molecule has 3 aliphatic carbocycles. The van der Waals surface area contributed by atoms with Crippen molar-refractivity contribution in [2.24, 2.45) is 5.41 Å². The predicted molar refractivity (Wildman–Crippen MR) is 118 cm³/mol. The van der Waals surface area contributed by atoms with Gasteiger partial charge < -0.3 is 9.64 Å². The van der Waals surface area contributed by atoms with E-state index in [1.165, 1.54) is 4.90 Å². The Kier molecular flexibility index (Phi) is 5.90. The lowest BCUT2D eigenvalue weighted by molar-refractivity contribution is -0.141. The van der Waals surface area contributed by atoms with Crippen LogP contribution in [0.1, 0.15) is 70.6 Å². The third-order valence-corrected chi connectivity index (χ3v) is 9.71. The maximum atomic E-state index is 13.5. The van der Waals surface area contributed by atoms with Gasteiger partial charge in [-0.25, -0.2) is 9.69 Å². The molecule has 6 nitrogen and oxygen atoms in total. The highest BCUT2D eigenvalue weighted by Gasteiger charge is 2.62. The summed E-state index contributed by atoms with van der Waals surface area (Å²) in [5, 5.41) is 0. The molecule has 0 N–H and O–H groups in total. The number of nitrogens with zero attached hydrogens (tertiary/aromatic N) is 2. The van der Waals surface area contributed by atoms with Gasteiger partial charge in [0.2, 0.25) is 0 Å². The molecule has 7 heteroatoms. The summed E-state index contributed by atoms with van der Waals surface area (Å²) in [6.45, 7) is 7.60. The molecule has 1 saturated heterocycles. The van der Waals surface area contributed by atoms with Crippen molar-refractivity contribution < 1.29 is 19.1 Å². The van der Waals surface area contributed by atoms with E-state index in [0.717, 1.165) is 63.8 Å². The van der Waals surface area contributed by atoms with Crippen molar-refractivity contribution in [2.75, 3.05) is 13.3 Å². The van der Waals surface area contributed by atoms with Crippen LogP contribution < -0.4 is 0 Å². The molecule has 4 rings (SSSR count). The molecule has 0 radical (unpaired) electrons. The monoisotopic (exact) mass is 434 g/mol. The van der Waals surface area contributed by atoms with E-state index < -0.39 is 13.6 Å². The van der Waals surface area contributed by atoms with Crippen molar-refractivity contribution in [3.63, 3.8) is 0 Å². The summed E-state index contributed by atoms with van der Waals surface area (Å²) in [6.07, 6.45) is 9.89. The van der Waals surface area contributed by atoms with Crippen molar-refractivity contribution in [3.8, 4) is 0 Å². The summed E-state index contributed by atoms with van der Waals surface area (Å²) in [5.74, 6) is 0.349. The first kappa shape index (κ1) is 22.0. The number of urea groups is 1. The Balaban J connectivity index is 1.45. The lowest BCUT2D eigenvalue weighted by Gasteiger charge is -2.55. The molecule has 1 heterocycles. The van der Waals surface area contributed by atoms with Gasteiger partial charge in [-0.2, -0.15) is 0 Å². The molecule has 3 amide bonds. The van der Waals surface area contributed by atoms with Crippen molar-refractivity contribution >= 4 is 25.8 Å². The molecule has 0 aromatic heterocycles. The maximum absolute atomic E-state index is 13.5. The van der Waals surface area contributed by atoms with Crippen molar-refractivity contribution in [2.45, 2.75) is 108 Å². The molecule has 0 aromatic carbocycles. The van der Waals surface area contributed by atoms with E-state index in [-0.39, 0.29) is 30.1 Å². The standard InChI is InChI=1S/C23H38N2O4Si/c1-30(2,3)14-13-29-17-24-20(27)23(9-5-4-6-10-23)25(21(24)28)18-15-22(16-18)11-7-19(26)8-12-22/h18H,4-17H2,1-3H3. The number of ether oxygens (including phenoxy) is 1. The quantitative estimate of drug-likeness (QED) is 0.349. The zero-order valence-corrected chi connectivity index (χ0v) is 20.0. The highest BCUT2D eigenvalue weighted by atomic mass is 28.3. The van der Waals surface area contributed by atoms with Crippen molar-refractivity contribution in [1.82, 2.24) is 9.80 Å². The smallest absolute Gasteiger partial charge is 0.329 e. The van der Waals surface area contributed by atoms with E-state index >= 15 is 0 Å². The van der Waals surface area contributed by atoms with Crippen LogP contribution in [0, 0.1) is 5.41 Å². The number of amides is 3. The lowest BCUT2D eigenvalue weighted by Crippen LogP contribution is -2.61. The number of imide groups is 1. The van der Waals surface area contributed by atoms with Crippen LogP contribution in [0.3, 0.4) is 0 Å². The summed E-state index contributed by atoms with van der Waals surface area (Å²) in [5.41, 5.74) is -0.423. The van der Waals surface area contributed by atoms with Crippen LogP contribution in [0.5, 0.6) is 0 Å². The number of rotatable bonds is 6. The molecule has 0 aromatic rings. The molecule has 168 valence electrons. The highest BCUT2D eigenvalue weighted by molar-refractivity contribution is 6.76. The summed E-state index contributed by atoms with van der Waals surface area (Å²) in [6, 6.07) is 1.03. The van der Waals surface area contributed by atoms with Crippen LogP contribution in [0.2, 0.25) is 25.7 Å². The number of carbonyl (C=O) groups is 3. The van der Waals surface area contributed by atoms with Crippen LogP contribution in [0.25, 0.3) is 0 Å². The molecular formula is C23H38N2O4Si. The molecule has 4 aliphatic rings. The molecule has 0 bridgehead atoms. The lowest BCUT2D eigenvalue weighted by atomic mass is 9.57. The molecule has 0 unspecified atom stereocenters. The number of hydrogen-bond acceptors (Lipinski definition) is 4. The van der Waals surface area contributed by atoms with E-state index in [1.54, 1.807) is 0 Å². The average molecular weight is 435 g/mol. The van der Waals surface area contributed by atoms with E-state index in [2.05, 4.69) is 19.6 Å². The first-order chi connectivity index (χ1) is 14.2. The third kappa shape index (κ3) is 3.99. The first-order valence-electron chi connectivity index (χ1n) is 11.9. The number of hydrogen-bond donors (Lipinski definition) is 0. The second kappa shape index (κ2) is 8.04. The van der Waals surface area contributed by atoms with Gasteiger partial charge in [0.1, 0.15) is 18.1 Å². The predicted octanol–water partition coefficient (Wildman–Crippen LogP) is 4.56. The normalized spacial score (nSPS) is 26.7. The minimum absolute atomic E-state index is 0.0278. The van der Waals surface area contributed by atoms with Crippen LogP contribution in [0.15, 0.2) is 0 Å². The largest absolute Gasteiger partial charge is 0.361 e. The Morgan fingerprint density at radius 2 is 1.60 bits per heavy atom. The van der Waals surface area contributed by atoms with E-state index in [0.29, 0.717) is 25.2 Å². The van der Waals surface area contributed by atoms with E-state index in [9.17, 15) is 14.4 Å². The zero-order chi connectivity index (χ0) is 21.6. The van der Waals surface area contributed by atoms with Crippen LogP contribution in [-0.4, -0.2) is 60.5 Å². The maximum Gasteiger partial charge on any atom is 0.329 e. The molecule has 3 saturated carbocycles. The minimum atomic E-state index is -1.21.